The lowest BCUT2D eigenvalue weighted by Gasteiger charge is -2.26. The molecule has 0 saturated carbocycles. The standard InChI is InChI=1S/C20H23ClN4O3/c21-17-9-23-25(11-17)7-6-22-19(27)20-13-24(10-16(20)12-28-14-20)18(26)8-15-4-2-1-3-5-15/h1-5,9,11,16H,6-8,10,12-14H2,(H,22,27)/t16-,20-/m1/s1. The Bertz CT molecular complexity index is 856. The molecule has 2 aliphatic rings. The Hall–Kier alpha value is -2.38. The molecule has 2 aromatic rings. The van der Waals surface area contributed by atoms with Crippen LogP contribution >= 0.6 is 11.6 Å². The summed E-state index contributed by atoms with van der Waals surface area (Å²) in [5, 5.41) is 7.67. The smallest absolute Gasteiger partial charge is 0.230 e. The highest BCUT2D eigenvalue weighted by Gasteiger charge is 2.56. The Morgan fingerprint density at radius 3 is 2.89 bits per heavy atom. The van der Waals surface area contributed by atoms with E-state index < -0.39 is 5.41 Å². The minimum Gasteiger partial charge on any atom is -0.380 e. The molecule has 2 fully saturated rings. The number of hydrogen-bond acceptors (Lipinski definition) is 4. The molecule has 0 aliphatic carbocycles. The third kappa shape index (κ3) is 3.77. The summed E-state index contributed by atoms with van der Waals surface area (Å²) in [6.45, 7) is 2.82. The van der Waals surface area contributed by atoms with E-state index in [1.54, 1.807) is 17.1 Å². The maximum atomic E-state index is 13.0. The second kappa shape index (κ2) is 7.93. The molecule has 148 valence electrons. The van der Waals surface area contributed by atoms with Crippen LogP contribution in [0.1, 0.15) is 5.56 Å². The summed E-state index contributed by atoms with van der Waals surface area (Å²) in [7, 11) is 0. The van der Waals surface area contributed by atoms with Crippen LogP contribution in [-0.4, -0.2) is 59.3 Å². The van der Waals surface area contributed by atoms with Gasteiger partial charge in [-0.05, 0) is 5.56 Å². The Labute approximate surface area is 168 Å². The molecule has 0 unspecified atom stereocenters. The number of ether oxygens (including phenoxy) is 1. The summed E-state index contributed by atoms with van der Waals surface area (Å²) in [4.78, 5) is 27.5. The zero-order valence-corrected chi connectivity index (χ0v) is 16.3. The SMILES string of the molecule is O=C(Cc1ccccc1)N1C[C@@H]2COC[C@]2(C(=O)NCCn2cc(Cl)cn2)C1. The van der Waals surface area contributed by atoms with E-state index in [0.717, 1.165) is 5.56 Å². The van der Waals surface area contributed by atoms with Gasteiger partial charge in [-0.15, -0.1) is 0 Å². The van der Waals surface area contributed by atoms with E-state index in [9.17, 15) is 9.59 Å². The van der Waals surface area contributed by atoms with Crippen LogP contribution in [0.25, 0.3) is 0 Å². The molecule has 0 radical (unpaired) electrons. The quantitative estimate of drug-likeness (QED) is 0.791. The van der Waals surface area contributed by atoms with Gasteiger partial charge in [0.2, 0.25) is 11.8 Å². The summed E-state index contributed by atoms with van der Waals surface area (Å²) in [6, 6.07) is 9.68. The molecule has 8 heteroatoms. The van der Waals surface area contributed by atoms with Crippen molar-refractivity contribution >= 4 is 23.4 Å². The van der Waals surface area contributed by atoms with Gasteiger partial charge in [0, 0.05) is 31.7 Å². The number of nitrogens with zero attached hydrogens (tertiary/aromatic N) is 3. The number of nitrogens with one attached hydrogen (secondary N) is 1. The Morgan fingerprint density at radius 1 is 1.32 bits per heavy atom. The molecular weight excluding hydrogens is 380 g/mol. The van der Waals surface area contributed by atoms with E-state index in [0.29, 0.717) is 50.8 Å². The number of carbonyl (C=O) groups excluding carboxylic acids is 2. The highest BCUT2D eigenvalue weighted by atomic mass is 35.5. The molecule has 28 heavy (non-hydrogen) atoms. The zero-order valence-electron chi connectivity index (χ0n) is 15.5. The van der Waals surface area contributed by atoms with Gasteiger partial charge in [0.05, 0.1) is 42.8 Å². The fourth-order valence-electron chi connectivity index (χ4n) is 4.05. The van der Waals surface area contributed by atoms with Gasteiger partial charge in [-0.2, -0.15) is 5.10 Å². The van der Waals surface area contributed by atoms with Gasteiger partial charge in [0.1, 0.15) is 0 Å². The lowest BCUT2D eigenvalue weighted by Crippen LogP contribution is -2.47. The number of benzene rings is 1. The second-order valence-corrected chi connectivity index (χ2v) is 7.92. The van der Waals surface area contributed by atoms with Gasteiger partial charge in [-0.1, -0.05) is 41.9 Å². The van der Waals surface area contributed by atoms with E-state index in [2.05, 4.69) is 10.4 Å². The summed E-state index contributed by atoms with van der Waals surface area (Å²) in [5.41, 5.74) is 0.325. The molecule has 1 aromatic carbocycles. The molecule has 0 spiro atoms. The Morgan fingerprint density at radius 2 is 2.14 bits per heavy atom. The van der Waals surface area contributed by atoms with Gasteiger partial charge in [-0.25, -0.2) is 0 Å². The van der Waals surface area contributed by atoms with E-state index in [4.69, 9.17) is 16.3 Å². The monoisotopic (exact) mass is 402 g/mol. The van der Waals surface area contributed by atoms with Gasteiger partial charge in [0.25, 0.3) is 0 Å². The normalized spacial score (nSPS) is 23.6. The summed E-state index contributed by atoms with van der Waals surface area (Å²) >= 11 is 5.86. The summed E-state index contributed by atoms with van der Waals surface area (Å²) < 4.78 is 7.30. The average Bonchev–Trinajstić information content (AvgIpc) is 3.36. The van der Waals surface area contributed by atoms with Crippen molar-refractivity contribution in [2.24, 2.45) is 11.3 Å². The van der Waals surface area contributed by atoms with Crippen LogP contribution in [0.3, 0.4) is 0 Å². The highest BCUT2D eigenvalue weighted by molar-refractivity contribution is 6.30. The van der Waals surface area contributed by atoms with Crippen LogP contribution in [0.4, 0.5) is 0 Å². The van der Waals surface area contributed by atoms with E-state index in [1.807, 2.05) is 35.2 Å². The predicted molar refractivity (Wildman–Crippen MR) is 104 cm³/mol. The van der Waals surface area contributed by atoms with Crippen molar-refractivity contribution in [3.8, 4) is 0 Å². The molecule has 4 rings (SSSR count). The molecule has 2 amide bonds. The fraction of sp³-hybridized carbons (Fsp3) is 0.450. The third-order valence-corrected chi connectivity index (χ3v) is 5.80. The van der Waals surface area contributed by atoms with E-state index >= 15 is 0 Å². The molecule has 1 N–H and O–H groups in total. The van der Waals surface area contributed by atoms with Gasteiger partial charge >= 0.3 is 0 Å². The minimum absolute atomic E-state index is 0.0337. The van der Waals surface area contributed by atoms with Crippen molar-refractivity contribution in [3.63, 3.8) is 0 Å². The maximum Gasteiger partial charge on any atom is 0.230 e. The first kappa shape index (κ1) is 19.0. The number of aromatic nitrogens is 2. The number of amides is 2. The first-order valence-corrected chi connectivity index (χ1v) is 9.80. The number of fused-ring (bicyclic) bond motifs is 1. The van der Waals surface area contributed by atoms with Crippen LogP contribution in [0, 0.1) is 11.3 Å². The number of rotatable bonds is 6. The molecule has 7 nitrogen and oxygen atoms in total. The largest absolute Gasteiger partial charge is 0.380 e. The molecule has 2 aliphatic heterocycles. The van der Waals surface area contributed by atoms with Gasteiger partial charge < -0.3 is 15.0 Å². The average molecular weight is 403 g/mol. The first-order valence-electron chi connectivity index (χ1n) is 9.42. The van der Waals surface area contributed by atoms with Crippen LogP contribution in [-0.2, 0) is 27.3 Å². The van der Waals surface area contributed by atoms with E-state index in [1.165, 1.54) is 0 Å². The van der Waals surface area contributed by atoms with Crippen LogP contribution in [0.2, 0.25) is 5.02 Å². The molecule has 1 aromatic heterocycles. The van der Waals surface area contributed by atoms with E-state index in [-0.39, 0.29) is 17.7 Å². The van der Waals surface area contributed by atoms with Crippen molar-refractivity contribution in [2.45, 2.75) is 13.0 Å². The molecule has 0 bridgehead atoms. The van der Waals surface area contributed by atoms with Crippen LogP contribution in [0.5, 0.6) is 0 Å². The van der Waals surface area contributed by atoms with Crippen molar-refractivity contribution in [1.82, 2.24) is 20.0 Å². The van der Waals surface area contributed by atoms with Crippen LogP contribution < -0.4 is 5.32 Å². The van der Waals surface area contributed by atoms with Crippen molar-refractivity contribution in [3.05, 3.63) is 53.3 Å². The Balaban J connectivity index is 1.36. The zero-order chi connectivity index (χ0) is 19.6. The minimum atomic E-state index is -0.659. The maximum absolute atomic E-state index is 13.0. The molecule has 2 atom stereocenters. The van der Waals surface area contributed by atoms with Crippen LogP contribution in [0.15, 0.2) is 42.7 Å². The predicted octanol–water partition coefficient (Wildman–Crippen LogP) is 1.37. The molecule has 3 heterocycles. The van der Waals surface area contributed by atoms with Gasteiger partial charge in [-0.3, -0.25) is 14.3 Å². The highest BCUT2D eigenvalue weighted by Crippen LogP contribution is 2.41. The third-order valence-electron chi connectivity index (χ3n) is 5.61. The second-order valence-electron chi connectivity index (χ2n) is 7.48. The number of likely N-dealkylation sites (tertiary alicyclic amines) is 1. The Kier molecular flexibility index (Phi) is 5.37. The summed E-state index contributed by atoms with van der Waals surface area (Å²) in [5.74, 6) is 0.0357. The van der Waals surface area contributed by atoms with Crippen molar-refractivity contribution in [2.75, 3.05) is 32.8 Å². The van der Waals surface area contributed by atoms with Gasteiger partial charge in [0.15, 0.2) is 0 Å². The molecular formula is C20H23ClN4O3. The summed E-state index contributed by atoms with van der Waals surface area (Å²) in [6.07, 6.45) is 3.63. The number of hydrogen-bond donors (Lipinski definition) is 1. The number of carbonyl (C=O) groups is 2. The van der Waals surface area contributed by atoms with Crippen molar-refractivity contribution in [1.29, 1.82) is 0 Å². The fourth-order valence-corrected chi connectivity index (χ4v) is 4.21. The van der Waals surface area contributed by atoms with Crippen molar-refractivity contribution < 1.29 is 14.3 Å². The number of halogens is 1. The topological polar surface area (TPSA) is 76.5 Å². The molecule has 2 saturated heterocycles. The lowest BCUT2D eigenvalue weighted by molar-refractivity contribution is -0.133. The lowest BCUT2D eigenvalue weighted by atomic mass is 9.80. The first-order chi connectivity index (χ1) is 13.6.